The number of methoxy groups -OCH3 is 1. The average Bonchev–Trinajstić information content (AvgIpc) is 3.20. The zero-order valence-electron chi connectivity index (χ0n) is 21.9. The van der Waals surface area contributed by atoms with Crippen molar-refractivity contribution in [1.82, 2.24) is 4.90 Å². The van der Waals surface area contributed by atoms with Crippen molar-refractivity contribution in [1.29, 1.82) is 0 Å². The zero-order valence-corrected chi connectivity index (χ0v) is 24.9. The first-order valence-electron chi connectivity index (χ1n) is 12.2. The van der Waals surface area contributed by atoms with Crippen molar-refractivity contribution in [3.8, 4) is 17.2 Å². The van der Waals surface area contributed by atoms with Gasteiger partial charge in [0.1, 0.15) is 18.9 Å². The Kier molecular flexibility index (Phi) is 9.83. The van der Waals surface area contributed by atoms with Crippen molar-refractivity contribution in [3.63, 3.8) is 0 Å². The zero-order chi connectivity index (χ0) is 29.5. The van der Waals surface area contributed by atoms with E-state index in [1.54, 1.807) is 54.6 Å². The molecule has 0 atom stereocenters. The van der Waals surface area contributed by atoms with E-state index in [-0.39, 0.29) is 17.2 Å². The third-order valence-electron chi connectivity index (χ3n) is 5.70. The Morgan fingerprint density at radius 2 is 1.80 bits per heavy atom. The maximum absolute atomic E-state index is 13.0. The van der Waals surface area contributed by atoms with Gasteiger partial charge in [0.05, 0.1) is 27.1 Å². The van der Waals surface area contributed by atoms with E-state index < -0.39 is 28.5 Å². The summed E-state index contributed by atoms with van der Waals surface area (Å²) in [6.07, 6.45) is 1.56. The lowest BCUT2D eigenvalue weighted by molar-refractivity contribution is -0.384. The Morgan fingerprint density at radius 1 is 1.10 bits per heavy atom. The van der Waals surface area contributed by atoms with Crippen LogP contribution in [0.1, 0.15) is 18.1 Å². The number of benzene rings is 3. The highest BCUT2D eigenvalue weighted by Gasteiger charge is 2.36. The lowest BCUT2D eigenvalue weighted by atomic mass is 10.1. The Balaban J connectivity index is 1.42. The second-order valence-corrected chi connectivity index (χ2v) is 10.7. The van der Waals surface area contributed by atoms with Crippen LogP contribution in [-0.4, -0.2) is 47.1 Å². The van der Waals surface area contributed by atoms with E-state index in [9.17, 15) is 24.5 Å². The quantitative estimate of drug-likeness (QED) is 0.114. The molecule has 0 saturated carbocycles. The molecule has 0 spiro atoms. The SMILES string of the molecule is CCOc1ccc(NC(=O)CN2C(=O)S/C(=C/c3cc(I)c(OCc4ccc([N+](=O)[O-])cc4)c(OC)c3)C2=O)cc1. The van der Waals surface area contributed by atoms with E-state index in [0.29, 0.717) is 38.7 Å². The predicted molar refractivity (Wildman–Crippen MR) is 162 cm³/mol. The third kappa shape index (κ3) is 7.55. The number of thioether (sulfide) groups is 1. The van der Waals surface area contributed by atoms with Crippen LogP contribution >= 0.6 is 34.4 Å². The lowest BCUT2D eigenvalue weighted by Gasteiger charge is -2.14. The normalized spacial score (nSPS) is 13.8. The van der Waals surface area contributed by atoms with E-state index in [4.69, 9.17) is 14.2 Å². The number of rotatable bonds is 11. The van der Waals surface area contributed by atoms with E-state index in [2.05, 4.69) is 27.9 Å². The van der Waals surface area contributed by atoms with Crippen molar-refractivity contribution in [2.75, 3.05) is 25.6 Å². The Bertz CT molecular complexity index is 1510. The Hall–Kier alpha value is -4.11. The minimum absolute atomic E-state index is 0.0112. The molecule has 1 fully saturated rings. The molecule has 0 unspecified atom stereocenters. The standard InChI is InChI=1S/C28H24IN3O8S/c1-3-39-21-10-6-19(7-11-21)30-25(33)15-31-27(34)24(41-28(31)35)14-18-12-22(29)26(23(13-18)38-2)40-16-17-4-8-20(9-5-17)32(36)37/h4-14H,3,15-16H2,1-2H3,(H,30,33)/b24-14+. The topological polar surface area (TPSA) is 137 Å². The summed E-state index contributed by atoms with van der Waals surface area (Å²) in [4.78, 5) is 49.5. The highest BCUT2D eigenvalue weighted by atomic mass is 127. The van der Waals surface area contributed by atoms with Gasteiger partial charge in [-0.3, -0.25) is 29.4 Å². The van der Waals surface area contributed by atoms with Crippen LogP contribution in [0.15, 0.2) is 65.6 Å². The van der Waals surface area contributed by atoms with Gasteiger partial charge < -0.3 is 19.5 Å². The van der Waals surface area contributed by atoms with Gasteiger partial charge in [0.25, 0.3) is 16.8 Å². The van der Waals surface area contributed by atoms with Crippen LogP contribution in [0.2, 0.25) is 0 Å². The molecule has 3 aromatic carbocycles. The summed E-state index contributed by atoms with van der Waals surface area (Å²) in [5.41, 5.74) is 1.83. The summed E-state index contributed by atoms with van der Waals surface area (Å²) < 4.78 is 17.5. The van der Waals surface area contributed by atoms with E-state index in [0.717, 1.165) is 22.2 Å². The number of amides is 3. The van der Waals surface area contributed by atoms with Crippen LogP contribution in [-0.2, 0) is 16.2 Å². The summed E-state index contributed by atoms with van der Waals surface area (Å²) in [6, 6.07) is 16.2. The van der Waals surface area contributed by atoms with Crippen LogP contribution in [0.5, 0.6) is 17.2 Å². The maximum Gasteiger partial charge on any atom is 0.294 e. The third-order valence-corrected chi connectivity index (χ3v) is 7.41. The summed E-state index contributed by atoms with van der Waals surface area (Å²) in [6.45, 7) is 2.12. The molecule has 0 radical (unpaired) electrons. The van der Waals surface area contributed by atoms with Gasteiger partial charge in [0.15, 0.2) is 11.5 Å². The number of anilines is 1. The van der Waals surface area contributed by atoms with Crippen LogP contribution in [0.25, 0.3) is 6.08 Å². The van der Waals surface area contributed by atoms with Crippen molar-refractivity contribution < 1.29 is 33.5 Å². The van der Waals surface area contributed by atoms with Crippen LogP contribution in [0.3, 0.4) is 0 Å². The minimum atomic E-state index is -0.575. The minimum Gasteiger partial charge on any atom is -0.494 e. The number of imide groups is 1. The fourth-order valence-electron chi connectivity index (χ4n) is 3.77. The van der Waals surface area contributed by atoms with Crippen molar-refractivity contribution in [2.24, 2.45) is 0 Å². The molecule has 0 bridgehead atoms. The molecule has 1 N–H and O–H groups in total. The molecule has 1 aliphatic heterocycles. The molecule has 1 aliphatic rings. The molecule has 212 valence electrons. The Labute approximate surface area is 253 Å². The highest BCUT2D eigenvalue weighted by Crippen LogP contribution is 2.37. The molecule has 3 amide bonds. The van der Waals surface area contributed by atoms with Gasteiger partial charge in [-0.2, -0.15) is 0 Å². The first-order chi connectivity index (χ1) is 19.7. The summed E-state index contributed by atoms with van der Waals surface area (Å²) in [7, 11) is 1.48. The molecule has 0 aromatic heterocycles. The fraction of sp³-hybridized carbons (Fsp3) is 0.179. The van der Waals surface area contributed by atoms with Crippen LogP contribution in [0, 0.1) is 13.7 Å². The fourth-order valence-corrected chi connectivity index (χ4v) is 5.38. The average molecular weight is 689 g/mol. The summed E-state index contributed by atoms with van der Waals surface area (Å²) >= 11 is 2.82. The molecular formula is C28H24IN3O8S. The second kappa shape index (κ2) is 13.5. The van der Waals surface area contributed by atoms with Gasteiger partial charge in [-0.05, 0) is 107 Å². The first-order valence-corrected chi connectivity index (χ1v) is 14.1. The molecule has 3 aromatic rings. The molecule has 4 rings (SSSR count). The maximum atomic E-state index is 13.0. The van der Waals surface area contributed by atoms with Crippen molar-refractivity contribution in [3.05, 3.63) is 90.4 Å². The number of carbonyl (C=O) groups excluding carboxylic acids is 3. The number of hydrogen-bond donors (Lipinski definition) is 1. The second-order valence-electron chi connectivity index (χ2n) is 8.52. The lowest BCUT2D eigenvalue weighted by Crippen LogP contribution is -2.36. The first kappa shape index (κ1) is 29.9. The van der Waals surface area contributed by atoms with Crippen molar-refractivity contribution in [2.45, 2.75) is 13.5 Å². The number of ether oxygens (including phenoxy) is 3. The number of nitrogens with one attached hydrogen (secondary N) is 1. The molecular weight excluding hydrogens is 665 g/mol. The molecule has 0 aliphatic carbocycles. The van der Waals surface area contributed by atoms with Gasteiger partial charge in [0.2, 0.25) is 5.91 Å². The summed E-state index contributed by atoms with van der Waals surface area (Å²) in [5, 5.41) is 13.0. The van der Waals surface area contributed by atoms with Gasteiger partial charge >= 0.3 is 0 Å². The van der Waals surface area contributed by atoms with Gasteiger partial charge in [-0.1, -0.05) is 0 Å². The number of hydrogen-bond acceptors (Lipinski definition) is 9. The van der Waals surface area contributed by atoms with Gasteiger partial charge in [-0.15, -0.1) is 0 Å². The molecule has 11 nitrogen and oxygen atoms in total. The molecule has 41 heavy (non-hydrogen) atoms. The highest BCUT2D eigenvalue weighted by molar-refractivity contribution is 14.1. The van der Waals surface area contributed by atoms with E-state index in [1.807, 2.05) is 6.92 Å². The number of nitro groups is 1. The number of non-ortho nitro benzene ring substituents is 1. The smallest absolute Gasteiger partial charge is 0.294 e. The van der Waals surface area contributed by atoms with Crippen LogP contribution < -0.4 is 19.5 Å². The van der Waals surface area contributed by atoms with Crippen molar-refractivity contribution >= 4 is 68.9 Å². The number of nitrogens with zero attached hydrogens (tertiary/aromatic N) is 2. The number of nitro benzene ring substituents is 1. The molecule has 1 saturated heterocycles. The Morgan fingerprint density at radius 3 is 2.44 bits per heavy atom. The number of halogens is 1. The van der Waals surface area contributed by atoms with Crippen LogP contribution in [0.4, 0.5) is 16.2 Å². The van der Waals surface area contributed by atoms with Gasteiger partial charge in [0, 0.05) is 17.8 Å². The van der Waals surface area contributed by atoms with E-state index in [1.165, 1.54) is 19.2 Å². The monoisotopic (exact) mass is 689 g/mol. The van der Waals surface area contributed by atoms with Gasteiger partial charge in [-0.25, -0.2) is 0 Å². The predicted octanol–water partition coefficient (Wildman–Crippen LogP) is 5.86. The molecule has 13 heteroatoms. The largest absolute Gasteiger partial charge is 0.494 e. The van der Waals surface area contributed by atoms with E-state index >= 15 is 0 Å². The summed E-state index contributed by atoms with van der Waals surface area (Å²) in [5.74, 6) is 0.441. The number of carbonyl (C=O) groups is 3. The molecule has 1 heterocycles.